The molecule has 2 saturated heterocycles. The van der Waals surface area contributed by atoms with Gasteiger partial charge in [-0.3, -0.25) is 4.79 Å². The Bertz CT molecular complexity index is 583. The van der Waals surface area contributed by atoms with Crippen LogP contribution < -0.4 is 0 Å². The molecule has 0 spiro atoms. The molecule has 23 heavy (non-hydrogen) atoms. The monoisotopic (exact) mass is 371 g/mol. The summed E-state index contributed by atoms with van der Waals surface area (Å²) in [5, 5.41) is 2.47. The first kappa shape index (κ1) is 18.4. The van der Waals surface area contributed by atoms with Crippen molar-refractivity contribution in [2.45, 2.75) is 44.1 Å². The zero-order chi connectivity index (χ0) is 17.4. The number of thiocarbonyl (C=S) groups is 1. The van der Waals surface area contributed by atoms with Crippen molar-refractivity contribution in [3.05, 3.63) is 17.6 Å². The minimum absolute atomic E-state index is 0.0888. The van der Waals surface area contributed by atoms with Crippen LogP contribution in [0.2, 0.25) is 19.6 Å². The molecule has 4 atom stereocenters. The van der Waals surface area contributed by atoms with Gasteiger partial charge in [-0.05, 0) is 43.8 Å². The van der Waals surface area contributed by atoms with Crippen molar-refractivity contribution < 1.29 is 18.8 Å². The fraction of sp³-hybridized carbons (Fsp3) is 0.600. The summed E-state index contributed by atoms with van der Waals surface area (Å²) in [7, 11) is -1.75. The van der Waals surface area contributed by atoms with Gasteiger partial charge < -0.3 is 14.1 Å². The lowest BCUT2D eigenvalue weighted by Gasteiger charge is -2.46. The predicted octanol–water partition coefficient (Wildman–Crippen LogP) is 2.34. The van der Waals surface area contributed by atoms with Gasteiger partial charge in [-0.2, -0.15) is 0 Å². The summed E-state index contributed by atoms with van der Waals surface area (Å²) >= 11 is 6.30. The lowest BCUT2D eigenvalue weighted by Crippen LogP contribution is -2.65. The third-order valence-electron chi connectivity index (χ3n) is 3.61. The lowest BCUT2D eigenvalue weighted by molar-refractivity contribution is -0.166. The average molecular weight is 372 g/mol. The molecule has 0 aromatic rings. The molecule has 8 heteroatoms. The molecule has 0 aromatic heterocycles. The van der Waals surface area contributed by atoms with Crippen molar-refractivity contribution >= 4 is 49.2 Å². The fourth-order valence-electron chi connectivity index (χ4n) is 2.82. The van der Waals surface area contributed by atoms with E-state index in [0.29, 0.717) is 4.91 Å². The van der Waals surface area contributed by atoms with Gasteiger partial charge in [0, 0.05) is 0 Å². The van der Waals surface area contributed by atoms with E-state index in [9.17, 15) is 9.59 Å². The van der Waals surface area contributed by atoms with Crippen molar-refractivity contribution in [3.63, 3.8) is 0 Å². The molecule has 2 rings (SSSR count). The Labute approximate surface area is 147 Å². The predicted molar refractivity (Wildman–Crippen MR) is 96.7 cm³/mol. The van der Waals surface area contributed by atoms with E-state index < -0.39 is 20.3 Å². The SMILES string of the molecule is C=CCOC(=O)C1C(=C=S)S[C@@H]2C(C(C)O[Si](C)(C)C)C(=O)N12. The van der Waals surface area contributed by atoms with E-state index in [0.717, 1.165) is 0 Å². The first-order valence-corrected chi connectivity index (χ1v) is 12.1. The number of carbonyl (C=O) groups is 2. The van der Waals surface area contributed by atoms with Crippen LogP contribution in [0.1, 0.15) is 6.92 Å². The Balaban J connectivity index is 2.15. The maximum absolute atomic E-state index is 12.6. The molecule has 0 radical (unpaired) electrons. The number of rotatable bonds is 6. The van der Waals surface area contributed by atoms with Gasteiger partial charge in [-0.15, -0.1) is 0 Å². The van der Waals surface area contributed by atoms with Crippen molar-refractivity contribution in [2.75, 3.05) is 6.61 Å². The van der Waals surface area contributed by atoms with E-state index in [1.54, 1.807) is 4.90 Å². The highest BCUT2D eigenvalue weighted by Crippen LogP contribution is 2.50. The maximum atomic E-state index is 12.6. The van der Waals surface area contributed by atoms with E-state index in [1.165, 1.54) is 17.8 Å². The summed E-state index contributed by atoms with van der Waals surface area (Å²) in [4.78, 5) is 26.9. The summed E-state index contributed by atoms with van der Waals surface area (Å²) < 4.78 is 11.1. The lowest BCUT2D eigenvalue weighted by atomic mass is 9.91. The van der Waals surface area contributed by atoms with Gasteiger partial charge in [-0.1, -0.05) is 24.4 Å². The number of fused-ring (bicyclic) bond motifs is 1. The molecule has 2 aliphatic heterocycles. The van der Waals surface area contributed by atoms with Crippen molar-refractivity contribution in [3.8, 4) is 0 Å². The molecule has 5 nitrogen and oxygen atoms in total. The number of hydrogen-bond acceptors (Lipinski definition) is 6. The summed E-state index contributed by atoms with van der Waals surface area (Å²) in [5.41, 5.74) is 0. The summed E-state index contributed by atoms with van der Waals surface area (Å²) in [6.45, 7) is 11.8. The standard InChI is InChI=1S/C15H21NO4S2Si/c1-6-7-19-15(18)12-10(8-21)22-14-11(13(17)16(12)14)9(2)20-23(3,4)5/h6,9,11-12,14H,1,7H2,2-5H3/t9?,11?,12?,14-/m1/s1. The van der Waals surface area contributed by atoms with Crippen LogP contribution in [-0.2, 0) is 18.8 Å². The molecule has 2 aliphatic rings. The molecule has 2 heterocycles. The first-order chi connectivity index (χ1) is 10.7. The summed E-state index contributed by atoms with van der Waals surface area (Å²) in [6, 6.07) is -0.773. The van der Waals surface area contributed by atoms with Crippen LogP contribution in [0.5, 0.6) is 0 Å². The van der Waals surface area contributed by atoms with Gasteiger partial charge in [0.1, 0.15) is 6.61 Å². The average Bonchev–Trinajstić information content (AvgIpc) is 2.77. The smallest absolute Gasteiger partial charge is 0.335 e. The highest BCUT2D eigenvalue weighted by Gasteiger charge is 2.61. The van der Waals surface area contributed by atoms with Gasteiger partial charge in [0.15, 0.2) is 14.4 Å². The second-order valence-corrected chi connectivity index (χ2v) is 12.3. The third-order valence-corrected chi connectivity index (χ3v) is 6.38. The number of hydrogen-bond donors (Lipinski definition) is 0. The largest absolute Gasteiger partial charge is 0.460 e. The van der Waals surface area contributed by atoms with Crippen molar-refractivity contribution in [1.29, 1.82) is 0 Å². The van der Waals surface area contributed by atoms with Crippen LogP contribution in [0.3, 0.4) is 0 Å². The van der Waals surface area contributed by atoms with Crippen molar-refractivity contribution in [1.82, 2.24) is 4.90 Å². The number of β-lactam (4-membered cyclic amide) rings is 1. The quantitative estimate of drug-likeness (QED) is 0.235. The molecule has 0 N–H and O–H groups in total. The van der Waals surface area contributed by atoms with Crippen LogP contribution in [-0.4, -0.2) is 54.2 Å². The van der Waals surface area contributed by atoms with Crippen LogP contribution in [0.4, 0.5) is 0 Å². The number of ether oxygens (including phenoxy) is 1. The number of thioether (sulfide) groups is 1. The molecular weight excluding hydrogens is 350 g/mol. The Morgan fingerprint density at radius 3 is 2.74 bits per heavy atom. The van der Waals surface area contributed by atoms with Crippen LogP contribution in [0.25, 0.3) is 0 Å². The topological polar surface area (TPSA) is 55.8 Å². The van der Waals surface area contributed by atoms with E-state index in [1.807, 2.05) is 6.92 Å². The van der Waals surface area contributed by atoms with Crippen molar-refractivity contribution in [2.24, 2.45) is 5.92 Å². The van der Waals surface area contributed by atoms with Crippen LogP contribution in [0.15, 0.2) is 17.6 Å². The number of carbonyl (C=O) groups excluding carboxylic acids is 2. The van der Waals surface area contributed by atoms with Crippen LogP contribution >= 0.6 is 24.0 Å². The van der Waals surface area contributed by atoms with Gasteiger partial charge in [0.05, 0.1) is 22.3 Å². The zero-order valence-corrected chi connectivity index (χ0v) is 16.3. The minimum atomic E-state index is -1.75. The molecule has 1 amide bonds. The van der Waals surface area contributed by atoms with Crippen LogP contribution in [0, 0.1) is 5.92 Å². The molecule has 3 unspecified atom stereocenters. The van der Waals surface area contributed by atoms with Gasteiger partial charge in [0.2, 0.25) is 5.91 Å². The third kappa shape index (κ3) is 3.61. The molecule has 0 aliphatic carbocycles. The Morgan fingerprint density at radius 1 is 1.57 bits per heavy atom. The van der Waals surface area contributed by atoms with E-state index in [2.05, 4.69) is 31.2 Å². The Kier molecular flexibility index (Phi) is 5.53. The van der Waals surface area contributed by atoms with E-state index in [4.69, 9.17) is 21.4 Å². The Morgan fingerprint density at radius 2 is 2.22 bits per heavy atom. The molecular formula is C15H21NO4S2Si. The first-order valence-electron chi connectivity index (χ1n) is 7.40. The fourth-order valence-corrected chi connectivity index (χ4v) is 5.81. The Hall–Kier alpha value is -0.923. The second kappa shape index (κ2) is 6.90. The second-order valence-electron chi connectivity index (χ2n) is 6.50. The number of nitrogens with zero attached hydrogens (tertiary/aromatic N) is 1. The summed E-state index contributed by atoms with van der Waals surface area (Å²) in [5.74, 6) is -0.839. The number of esters is 1. The van der Waals surface area contributed by atoms with E-state index >= 15 is 0 Å². The van der Waals surface area contributed by atoms with Gasteiger partial charge >= 0.3 is 5.97 Å². The van der Waals surface area contributed by atoms with Gasteiger partial charge in [0.25, 0.3) is 0 Å². The normalized spacial score (nSPS) is 27.8. The maximum Gasteiger partial charge on any atom is 0.335 e. The number of amides is 1. The molecule has 0 aromatic carbocycles. The minimum Gasteiger partial charge on any atom is -0.460 e. The molecule has 0 saturated carbocycles. The zero-order valence-electron chi connectivity index (χ0n) is 13.7. The highest BCUT2D eigenvalue weighted by atomic mass is 32.2. The van der Waals surface area contributed by atoms with E-state index in [-0.39, 0.29) is 29.9 Å². The molecule has 2 fully saturated rings. The van der Waals surface area contributed by atoms with Gasteiger partial charge in [-0.25, -0.2) is 4.79 Å². The highest BCUT2D eigenvalue weighted by molar-refractivity contribution is 8.05. The molecule has 126 valence electrons. The summed E-state index contributed by atoms with van der Waals surface area (Å²) in [6.07, 6.45) is 1.31. The molecule has 0 bridgehead atoms.